The molecule has 13 heavy (non-hydrogen) atoms. The van der Waals surface area contributed by atoms with E-state index in [-0.39, 0.29) is 0 Å². The van der Waals surface area contributed by atoms with E-state index in [1.165, 1.54) is 0 Å². The molecule has 0 saturated carbocycles. The second-order valence-electron chi connectivity index (χ2n) is 1.98. The fraction of sp³-hybridized carbons (Fsp3) is 0.167. The van der Waals surface area contributed by atoms with Gasteiger partial charge < -0.3 is 9.84 Å². The van der Waals surface area contributed by atoms with Crippen LogP contribution >= 0.6 is 0 Å². The van der Waals surface area contributed by atoms with Crippen molar-refractivity contribution in [3.05, 3.63) is 12.0 Å². The zero-order valence-corrected chi connectivity index (χ0v) is 6.61. The second-order valence-corrected chi connectivity index (χ2v) is 1.98. The number of rotatable bonds is 1. The number of anilines is 1. The number of hydrogen-bond acceptors (Lipinski definition) is 5. The minimum absolute atomic E-state index is 0.431. The van der Waals surface area contributed by atoms with Crippen molar-refractivity contribution in [3.63, 3.8) is 0 Å². The van der Waals surface area contributed by atoms with E-state index in [0.29, 0.717) is 0 Å². The molecule has 70 valence electrons. The first-order chi connectivity index (χ1) is 6.13. The normalized spacial score (nSPS) is 9.38. The van der Waals surface area contributed by atoms with Crippen molar-refractivity contribution >= 4 is 11.9 Å². The Labute approximate surface area is 72.4 Å². The third-order valence-electron chi connectivity index (χ3n) is 1.14. The van der Waals surface area contributed by atoms with Crippen molar-refractivity contribution in [1.29, 1.82) is 0 Å². The van der Waals surface area contributed by atoms with Gasteiger partial charge in [-0.15, -0.1) is 0 Å². The molecule has 1 aromatic heterocycles. The van der Waals surface area contributed by atoms with E-state index in [0.717, 1.165) is 13.3 Å². The Morgan fingerprint density at radius 3 is 3.08 bits per heavy atom. The van der Waals surface area contributed by atoms with Gasteiger partial charge in [0.05, 0.1) is 13.3 Å². The largest absolute Gasteiger partial charge is 0.479 e. The number of methoxy groups -OCH3 is 1. The van der Waals surface area contributed by atoms with E-state index in [1.807, 2.05) is 5.32 Å². The number of nitrogens with one attached hydrogen (secondary N) is 1. The number of hydrogen-bond donors (Lipinski definition) is 2. The SMILES string of the molecule is COC(=O)Nc1nc(O)ncc1F. The van der Waals surface area contributed by atoms with Crippen LogP contribution in [-0.4, -0.2) is 28.3 Å². The predicted molar refractivity (Wildman–Crippen MR) is 39.7 cm³/mol. The van der Waals surface area contributed by atoms with Gasteiger partial charge in [-0.3, -0.25) is 5.32 Å². The predicted octanol–water partition coefficient (Wildman–Crippen LogP) is 0.500. The standard InChI is InChI=1S/C6H6FN3O3/c1-13-6(12)10-4-3(7)2-8-5(11)9-4/h2H,1H3,(H2,8,9,10,11,12). The van der Waals surface area contributed by atoms with Gasteiger partial charge in [-0.1, -0.05) is 0 Å². The van der Waals surface area contributed by atoms with E-state index < -0.39 is 23.7 Å². The molecule has 1 aromatic rings. The lowest BCUT2D eigenvalue weighted by Crippen LogP contribution is -2.13. The number of amides is 1. The van der Waals surface area contributed by atoms with Crippen LogP contribution in [0.5, 0.6) is 6.01 Å². The molecule has 0 atom stereocenters. The topological polar surface area (TPSA) is 84.3 Å². The van der Waals surface area contributed by atoms with Gasteiger partial charge in [0.2, 0.25) is 0 Å². The van der Waals surface area contributed by atoms with Crippen LogP contribution in [0.2, 0.25) is 0 Å². The van der Waals surface area contributed by atoms with E-state index in [4.69, 9.17) is 5.11 Å². The van der Waals surface area contributed by atoms with Gasteiger partial charge in [-0.2, -0.15) is 4.98 Å². The summed E-state index contributed by atoms with van der Waals surface area (Å²) < 4.78 is 17.0. The lowest BCUT2D eigenvalue weighted by atomic mass is 10.5. The lowest BCUT2D eigenvalue weighted by molar-refractivity contribution is 0.186. The van der Waals surface area contributed by atoms with Gasteiger partial charge in [0, 0.05) is 0 Å². The summed E-state index contributed by atoms with van der Waals surface area (Å²) in [4.78, 5) is 17.0. The third-order valence-corrected chi connectivity index (χ3v) is 1.14. The molecular formula is C6H6FN3O3. The van der Waals surface area contributed by atoms with Crippen molar-refractivity contribution in [1.82, 2.24) is 9.97 Å². The first-order valence-corrected chi connectivity index (χ1v) is 3.20. The summed E-state index contributed by atoms with van der Waals surface area (Å²) in [5.74, 6) is -1.29. The van der Waals surface area contributed by atoms with Crippen molar-refractivity contribution in [3.8, 4) is 6.01 Å². The Morgan fingerprint density at radius 1 is 1.77 bits per heavy atom. The molecule has 0 aliphatic carbocycles. The first-order valence-electron chi connectivity index (χ1n) is 3.20. The Balaban J connectivity index is 2.87. The summed E-state index contributed by atoms with van der Waals surface area (Å²) in [7, 11) is 1.12. The van der Waals surface area contributed by atoms with Crippen LogP contribution < -0.4 is 5.32 Å². The van der Waals surface area contributed by atoms with E-state index >= 15 is 0 Å². The summed E-state index contributed by atoms with van der Waals surface area (Å²) in [6.45, 7) is 0. The van der Waals surface area contributed by atoms with Gasteiger partial charge in [-0.05, 0) is 0 Å². The van der Waals surface area contributed by atoms with E-state index in [1.54, 1.807) is 0 Å². The van der Waals surface area contributed by atoms with Crippen LogP contribution in [0, 0.1) is 5.82 Å². The van der Waals surface area contributed by atoms with Crippen molar-refractivity contribution in [2.24, 2.45) is 0 Å². The molecule has 0 saturated heterocycles. The Bertz CT molecular complexity index is 331. The molecule has 0 fully saturated rings. The number of carbonyl (C=O) groups is 1. The summed E-state index contributed by atoms with van der Waals surface area (Å²) in [5.41, 5.74) is 0. The number of halogens is 1. The monoisotopic (exact) mass is 187 g/mol. The molecule has 0 spiro atoms. The Hall–Kier alpha value is -1.92. The summed E-state index contributed by atoms with van der Waals surface area (Å²) in [5, 5.41) is 10.7. The number of aromatic hydroxyl groups is 1. The number of aromatic nitrogens is 2. The van der Waals surface area contributed by atoms with E-state index in [9.17, 15) is 9.18 Å². The highest BCUT2D eigenvalue weighted by atomic mass is 19.1. The van der Waals surface area contributed by atoms with Gasteiger partial charge >= 0.3 is 12.1 Å². The van der Waals surface area contributed by atoms with Crippen LogP contribution in [0.3, 0.4) is 0 Å². The molecule has 1 rings (SSSR count). The molecule has 1 heterocycles. The van der Waals surface area contributed by atoms with Gasteiger partial charge in [-0.25, -0.2) is 14.2 Å². The van der Waals surface area contributed by atoms with Gasteiger partial charge in [0.15, 0.2) is 11.6 Å². The fourth-order valence-electron chi connectivity index (χ4n) is 0.593. The molecule has 0 unspecified atom stereocenters. The highest BCUT2D eigenvalue weighted by Gasteiger charge is 2.09. The van der Waals surface area contributed by atoms with Gasteiger partial charge in [0.25, 0.3) is 0 Å². The molecule has 0 aliphatic heterocycles. The van der Waals surface area contributed by atoms with Crippen molar-refractivity contribution in [2.45, 2.75) is 0 Å². The molecule has 2 N–H and O–H groups in total. The zero-order chi connectivity index (χ0) is 9.84. The Kier molecular flexibility index (Phi) is 2.58. The average molecular weight is 187 g/mol. The minimum Gasteiger partial charge on any atom is -0.479 e. The maximum atomic E-state index is 12.8. The average Bonchev–Trinajstić information content (AvgIpc) is 2.11. The third kappa shape index (κ3) is 2.26. The summed E-state index contributed by atoms with van der Waals surface area (Å²) in [6.07, 6.45) is -0.148. The molecular weight excluding hydrogens is 181 g/mol. The minimum atomic E-state index is -0.878. The quantitative estimate of drug-likeness (QED) is 0.668. The van der Waals surface area contributed by atoms with Crippen LogP contribution in [0.15, 0.2) is 6.20 Å². The number of nitrogens with zero attached hydrogens (tertiary/aromatic N) is 2. The second kappa shape index (κ2) is 3.65. The highest BCUT2D eigenvalue weighted by Crippen LogP contribution is 2.11. The number of carbonyl (C=O) groups excluding carboxylic acids is 1. The molecule has 0 bridgehead atoms. The molecule has 0 aromatic carbocycles. The fourth-order valence-corrected chi connectivity index (χ4v) is 0.593. The van der Waals surface area contributed by atoms with Crippen LogP contribution in [-0.2, 0) is 4.74 Å². The Morgan fingerprint density at radius 2 is 2.46 bits per heavy atom. The highest BCUT2D eigenvalue weighted by molar-refractivity contribution is 5.83. The molecule has 0 radical (unpaired) electrons. The maximum Gasteiger partial charge on any atom is 0.412 e. The number of ether oxygens (including phenoxy) is 1. The van der Waals surface area contributed by atoms with Crippen molar-refractivity contribution in [2.75, 3.05) is 12.4 Å². The van der Waals surface area contributed by atoms with Crippen LogP contribution in [0.4, 0.5) is 15.0 Å². The zero-order valence-electron chi connectivity index (χ0n) is 6.61. The van der Waals surface area contributed by atoms with Gasteiger partial charge in [0.1, 0.15) is 0 Å². The van der Waals surface area contributed by atoms with Crippen molar-refractivity contribution < 1.29 is 19.0 Å². The molecule has 0 aliphatic rings. The maximum absolute atomic E-state index is 12.8. The first kappa shape index (κ1) is 9.17. The summed E-state index contributed by atoms with van der Waals surface area (Å²) >= 11 is 0. The molecule has 7 heteroatoms. The molecule has 1 amide bonds. The lowest BCUT2D eigenvalue weighted by Gasteiger charge is -2.02. The molecule has 6 nitrogen and oxygen atoms in total. The summed E-state index contributed by atoms with van der Waals surface area (Å²) in [6, 6.07) is -0.632. The van der Waals surface area contributed by atoms with Crippen LogP contribution in [0.25, 0.3) is 0 Å². The smallest absolute Gasteiger partial charge is 0.412 e. The van der Waals surface area contributed by atoms with Crippen LogP contribution in [0.1, 0.15) is 0 Å². The van der Waals surface area contributed by atoms with E-state index in [2.05, 4.69) is 14.7 Å².